The Hall–Kier alpha value is -1.63. The summed E-state index contributed by atoms with van der Waals surface area (Å²) in [4.78, 5) is 15.2. The van der Waals surface area contributed by atoms with Crippen LogP contribution in [-0.4, -0.2) is 36.1 Å². The number of halogens is 2. The van der Waals surface area contributed by atoms with E-state index in [9.17, 15) is 9.18 Å². The van der Waals surface area contributed by atoms with Crippen molar-refractivity contribution in [1.82, 2.24) is 15.6 Å². The lowest BCUT2D eigenvalue weighted by atomic mass is 10.1. The Kier molecular flexibility index (Phi) is 3.61. The van der Waals surface area contributed by atoms with Crippen molar-refractivity contribution in [2.45, 2.75) is 19.0 Å². The number of hydrogen-bond donors (Lipinski definition) is 4. The zero-order valence-corrected chi connectivity index (χ0v) is 12.2. The number of nitrogens with one attached hydrogen (secondary N) is 3. The van der Waals surface area contributed by atoms with Crippen LogP contribution in [0.4, 0.5) is 4.39 Å². The van der Waals surface area contributed by atoms with E-state index in [-0.39, 0.29) is 23.0 Å². The first kappa shape index (κ1) is 14.3. The van der Waals surface area contributed by atoms with Crippen LogP contribution in [0.15, 0.2) is 12.1 Å². The Bertz CT molecular complexity index is 715. The molecule has 0 unspecified atom stereocenters. The summed E-state index contributed by atoms with van der Waals surface area (Å²) < 4.78 is 13.8. The van der Waals surface area contributed by atoms with Crippen LogP contribution in [0.3, 0.4) is 0 Å². The summed E-state index contributed by atoms with van der Waals surface area (Å²) >= 11 is 5.82. The first-order valence-electron chi connectivity index (χ1n) is 6.72. The minimum absolute atomic E-state index is 0.0490. The fraction of sp³-hybridized carbons (Fsp3) is 0.357. The molecular formula is C14H16ClFN4O. The number of H-pyrrole nitrogens is 1. The summed E-state index contributed by atoms with van der Waals surface area (Å²) in [6, 6.07) is 2.96. The normalized spacial score (nSPS) is 21.9. The predicted octanol–water partition coefficient (Wildman–Crippen LogP) is 1.30. The number of amides is 1. The molecule has 1 aliphatic heterocycles. The molecule has 1 aromatic carbocycles. The smallest absolute Gasteiger partial charge is 0.268 e. The van der Waals surface area contributed by atoms with Gasteiger partial charge in [-0.2, -0.15) is 0 Å². The van der Waals surface area contributed by atoms with Crippen molar-refractivity contribution in [3.63, 3.8) is 0 Å². The zero-order chi connectivity index (χ0) is 15.1. The molecule has 2 heterocycles. The van der Waals surface area contributed by atoms with Crippen molar-refractivity contribution in [1.29, 1.82) is 0 Å². The minimum atomic E-state index is -0.472. The highest BCUT2D eigenvalue weighted by Gasteiger charge is 2.26. The van der Waals surface area contributed by atoms with Gasteiger partial charge in [-0.05, 0) is 19.1 Å². The van der Waals surface area contributed by atoms with Gasteiger partial charge in [0.2, 0.25) is 0 Å². The van der Waals surface area contributed by atoms with E-state index in [0.29, 0.717) is 35.2 Å². The van der Waals surface area contributed by atoms with E-state index in [1.807, 2.05) is 0 Å². The van der Waals surface area contributed by atoms with Crippen LogP contribution in [0.25, 0.3) is 10.9 Å². The van der Waals surface area contributed by atoms with Crippen molar-refractivity contribution in [2.75, 3.05) is 13.1 Å². The highest BCUT2D eigenvalue weighted by atomic mass is 35.5. The van der Waals surface area contributed by atoms with Gasteiger partial charge in [0.15, 0.2) is 0 Å². The second kappa shape index (κ2) is 5.29. The van der Waals surface area contributed by atoms with Crippen LogP contribution in [0.2, 0.25) is 5.02 Å². The monoisotopic (exact) mass is 310 g/mol. The zero-order valence-electron chi connectivity index (χ0n) is 11.5. The average molecular weight is 311 g/mol. The van der Waals surface area contributed by atoms with Crippen LogP contribution in [0.1, 0.15) is 16.1 Å². The van der Waals surface area contributed by atoms with Gasteiger partial charge >= 0.3 is 0 Å². The molecule has 5 N–H and O–H groups in total. The average Bonchev–Trinajstić information content (AvgIpc) is 3.03. The molecule has 1 aromatic heterocycles. The third-order valence-electron chi connectivity index (χ3n) is 3.87. The maximum Gasteiger partial charge on any atom is 0.268 e. The molecule has 2 atom stereocenters. The van der Waals surface area contributed by atoms with Crippen LogP contribution in [0.5, 0.6) is 0 Å². The van der Waals surface area contributed by atoms with E-state index < -0.39 is 5.82 Å². The van der Waals surface area contributed by atoms with Crippen molar-refractivity contribution in [3.8, 4) is 0 Å². The van der Waals surface area contributed by atoms with Gasteiger partial charge in [0.1, 0.15) is 11.5 Å². The standard InChI is InChI=1S/C14H16ClFN4O/c1-6-12(16)8(15)2-7-3-10(19-13(6)7)14(21)20-11-5-18-4-9(11)17/h2-3,9,11,18-19H,4-5,17H2,1H3,(H,20,21)/t9-,11+/m0/s1. The third kappa shape index (κ3) is 2.50. The van der Waals surface area contributed by atoms with Gasteiger partial charge in [-0.3, -0.25) is 4.79 Å². The van der Waals surface area contributed by atoms with Gasteiger partial charge in [-0.1, -0.05) is 11.6 Å². The van der Waals surface area contributed by atoms with Crippen LogP contribution in [-0.2, 0) is 0 Å². The molecule has 0 radical (unpaired) electrons. The Morgan fingerprint density at radius 1 is 1.48 bits per heavy atom. The minimum Gasteiger partial charge on any atom is -0.350 e. The maximum atomic E-state index is 13.8. The van der Waals surface area contributed by atoms with Crippen molar-refractivity contribution in [3.05, 3.63) is 34.2 Å². The molecule has 112 valence electrons. The second-order valence-corrected chi connectivity index (χ2v) is 5.75. The lowest BCUT2D eigenvalue weighted by Crippen LogP contribution is -2.46. The number of aromatic nitrogens is 1. The number of carbonyl (C=O) groups excluding carboxylic acids is 1. The van der Waals surface area contributed by atoms with Crippen LogP contribution >= 0.6 is 11.6 Å². The fourth-order valence-corrected chi connectivity index (χ4v) is 2.87. The van der Waals surface area contributed by atoms with E-state index in [2.05, 4.69) is 15.6 Å². The summed E-state index contributed by atoms with van der Waals surface area (Å²) in [5.41, 5.74) is 7.24. The van der Waals surface area contributed by atoms with Crippen molar-refractivity contribution >= 4 is 28.4 Å². The van der Waals surface area contributed by atoms with Gasteiger partial charge in [-0.25, -0.2) is 4.39 Å². The molecule has 0 saturated carbocycles. The summed E-state index contributed by atoms with van der Waals surface area (Å²) in [5.74, 6) is -0.730. The van der Waals surface area contributed by atoms with E-state index in [0.717, 1.165) is 0 Å². The summed E-state index contributed by atoms with van der Waals surface area (Å²) in [7, 11) is 0. The first-order valence-corrected chi connectivity index (χ1v) is 7.09. The van der Waals surface area contributed by atoms with Gasteiger partial charge in [0.25, 0.3) is 5.91 Å². The number of nitrogens with two attached hydrogens (primary N) is 1. The largest absolute Gasteiger partial charge is 0.350 e. The van der Waals surface area contributed by atoms with Gasteiger partial charge < -0.3 is 21.4 Å². The number of benzene rings is 1. The van der Waals surface area contributed by atoms with Gasteiger partial charge in [-0.15, -0.1) is 0 Å². The highest BCUT2D eigenvalue weighted by Crippen LogP contribution is 2.27. The first-order chi connectivity index (χ1) is 9.97. The molecule has 21 heavy (non-hydrogen) atoms. The molecule has 0 bridgehead atoms. The Labute approximate surface area is 126 Å². The summed E-state index contributed by atoms with van der Waals surface area (Å²) in [5, 5.41) is 6.74. The number of hydrogen-bond acceptors (Lipinski definition) is 3. The van der Waals surface area contributed by atoms with E-state index >= 15 is 0 Å². The summed E-state index contributed by atoms with van der Waals surface area (Å²) in [6.07, 6.45) is 0. The Morgan fingerprint density at radius 3 is 2.90 bits per heavy atom. The Balaban J connectivity index is 1.90. The number of rotatable bonds is 2. The number of fused-ring (bicyclic) bond motifs is 1. The topological polar surface area (TPSA) is 82.9 Å². The lowest BCUT2D eigenvalue weighted by Gasteiger charge is -2.15. The second-order valence-electron chi connectivity index (χ2n) is 5.35. The quantitative estimate of drug-likeness (QED) is 0.675. The molecule has 7 heteroatoms. The number of aromatic amines is 1. The molecule has 1 aliphatic rings. The molecule has 2 aromatic rings. The van der Waals surface area contributed by atoms with E-state index in [1.165, 1.54) is 6.07 Å². The van der Waals surface area contributed by atoms with Gasteiger partial charge in [0.05, 0.1) is 16.6 Å². The molecule has 5 nitrogen and oxygen atoms in total. The van der Waals surface area contributed by atoms with Crippen LogP contribution < -0.4 is 16.4 Å². The maximum absolute atomic E-state index is 13.8. The van der Waals surface area contributed by atoms with Crippen molar-refractivity contribution in [2.24, 2.45) is 5.73 Å². The number of aryl methyl sites for hydroxylation is 1. The molecule has 0 aliphatic carbocycles. The SMILES string of the molecule is Cc1c(F)c(Cl)cc2cc(C(=O)N[C@@H]3CNC[C@@H]3N)[nH]c12. The molecule has 3 rings (SSSR count). The van der Waals surface area contributed by atoms with E-state index in [1.54, 1.807) is 13.0 Å². The Morgan fingerprint density at radius 2 is 2.24 bits per heavy atom. The van der Waals surface area contributed by atoms with Gasteiger partial charge in [0, 0.05) is 30.1 Å². The molecule has 1 fully saturated rings. The molecular weight excluding hydrogens is 295 g/mol. The van der Waals surface area contributed by atoms with Crippen molar-refractivity contribution < 1.29 is 9.18 Å². The number of carbonyl (C=O) groups is 1. The highest BCUT2D eigenvalue weighted by molar-refractivity contribution is 6.31. The fourth-order valence-electron chi connectivity index (χ4n) is 2.61. The third-order valence-corrected chi connectivity index (χ3v) is 4.14. The molecule has 0 spiro atoms. The predicted molar refractivity (Wildman–Crippen MR) is 80.1 cm³/mol. The summed E-state index contributed by atoms with van der Waals surface area (Å²) in [6.45, 7) is 2.95. The van der Waals surface area contributed by atoms with Crippen LogP contribution in [0, 0.1) is 12.7 Å². The van der Waals surface area contributed by atoms with E-state index in [4.69, 9.17) is 17.3 Å². The molecule has 1 amide bonds. The molecule has 1 saturated heterocycles. The lowest BCUT2D eigenvalue weighted by molar-refractivity contribution is 0.0933.